The van der Waals surface area contributed by atoms with Gasteiger partial charge in [-0.2, -0.15) is 0 Å². The second-order valence-corrected chi connectivity index (χ2v) is 12.0. The van der Waals surface area contributed by atoms with E-state index in [0.29, 0.717) is 15.6 Å². The molecule has 1 N–H and O–H groups in total. The minimum atomic E-state index is -4.14. The molecule has 2 amide bonds. The van der Waals surface area contributed by atoms with E-state index in [9.17, 15) is 18.0 Å². The molecule has 0 spiro atoms. The van der Waals surface area contributed by atoms with Gasteiger partial charge in [-0.15, -0.1) is 0 Å². The summed E-state index contributed by atoms with van der Waals surface area (Å²) in [6.07, 6.45) is 0. The van der Waals surface area contributed by atoms with Gasteiger partial charge in [0.2, 0.25) is 11.8 Å². The average Bonchev–Trinajstić information content (AvgIpc) is 2.86. The van der Waals surface area contributed by atoms with Crippen molar-refractivity contribution in [1.29, 1.82) is 0 Å². The van der Waals surface area contributed by atoms with Crippen LogP contribution in [0.1, 0.15) is 31.9 Å². The smallest absolute Gasteiger partial charge is 0.264 e. The maximum atomic E-state index is 13.8. The van der Waals surface area contributed by atoms with E-state index in [1.807, 2.05) is 20.8 Å². The van der Waals surface area contributed by atoms with Gasteiger partial charge in [-0.1, -0.05) is 53.0 Å². The van der Waals surface area contributed by atoms with Crippen LogP contribution in [-0.2, 0) is 26.2 Å². The highest BCUT2D eigenvalue weighted by molar-refractivity contribution is 7.92. The van der Waals surface area contributed by atoms with Crippen LogP contribution in [0.5, 0.6) is 0 Å². The summed E-state index contributed by atoms with van der Waals surface area (Å²) in [7, 11) is -4.14. The molecule has 7 nitrogen and oxygen atoms in total. The number of rotatable bonds is 10. The van der Waals surface area contributed by atoms with Crippen molar-refractivity contribution in [3.8, 4) is 0 Å². The molecular formula is C28H31Cl2N3O4S. The van der Waals surface area contributed by atoms with Gasteiger partial charge < -0.3 is 10.2 Å². The number of benzene rings is 3. The predicted octanol–water partition coefficient (Wildman–Crippen LogP) is 5.44. The summed E-state index contributed by atoms with van der Waals surface area (Å²) in [4.78, 5) is 28.1. The van der Waals surface area contributed by atoms with Crippen molar-refractivity contribution in [3.05, 3.63) is 94.0 Å². The van der Waals surface area contributed by atoms with Crippen LogP contribution in [0.4, 0.5) is 5.69 Å². The number of hydrogen-bond acceptors (Lipinski definition) is 4. The molecule has 0 aliphatic carbocycles. The maximum absolute atomic E-state index is 13.8. The van der Waals surface area contributed by atoms with Gasteiger partial charge >= 0.3 is 0 Å². The SMILES string of the molecule is Cc1ccc(S(=O)(=O)N(CC(=O)N(Cc2cccc(Cl)c2)[C@@H](C)C(=O)NC(C)C)c2ccc(Cl)cc2)cc1. The first-order chi connectivity index (χ1) is 17.9. The fraction of sp³-hybridized carbons (Fsp3) is 0.286. The van der Waals surface area contributed by atoms with Crippen molar-refractivity contribution in [3.63, 3.8) is 0 Å². The van der Waals surface area contributed by atoms with E-state index in [1.165, 1.54) is 29.2 Å². The molecule has 202 valence electrons. The van der Waals surface area contributed by atoms with Crippen LogP contribution in [0.25, 0.3) is 0 Å². The average molecular weight is 577 g/mol. The fourth-order valence-electron chi connectivity index (χ4n) is 3.79. The molecule has 0 aliphatic heterocycles. The molecule has 1 atom stereocenters. The van der Waals surface area contributed by atoms with Gasteiger partial charge in [0.25, 0.3) is 10.0 Å². The van der Waals surface area contributed by atoms with Crippen LogP contribution in [0.3, 0.4) is 0 Å². The molecule has 0 bridgehead atoms. The summed E-state index contributed by atoms with van der Waals surface area (Å²) in [5.41, 5.74) is 1.87. The third-order valence-corrected chi connectivity index (χ3v) is 8.12. The Morgan fingerprint density at radius 1 is 0.895 bits per heavy atom. The summed E-state index contributed by atoms with van der Waals surface area (Å²) in [6.45, 7) is 6.65. The van der Waals surface area contributed by atoms with E-state index in [4.69, 9.17) is 23.2 Å². The van der Waals surface area contributed by atoms with Crippen molar-refractivity contribution in [2.45, 2.75) is 51.2 Å². The lowest BCUT2D eigenvalue weighted by molar-refractivity contribution is -0.139. The van der Waals surface area contributed by atoms with Crippen LogP contribution >= 0.6 is 23.2 Å². The molecule has 3 aromatic carbocycles. The number of halogens is 2. The Balaban J connectivity index is 2.02. The highest BCUT2D eigenvalue weighted by Gasteiger charge is 2.32. The van der Waals surface area contributed by atoms with Crippen molar-refractivity contribution < 1.29 is 18.0 Å². The lowest BCUT2D eigenvalue weighted by atomic mass is 10.1. The largest absolute Gasteiger partial charge is 0.352 e. The number of aryl methyl sites for hydroxylation is 1. The van der Waals surface area contributed by atoms with Gasteiger partial charge in [-0.3, -0.25) is 13.9 Å². The quantitative estimate of drug-likeness (QED) is 0.348. The first-order valence-electron chi connectivity index (χ1n) is 12.1. The zero-order chi connectivity index (χ0) is 28.0. The minimum Gasteiger partial charge on any atom is -0.352 e. The number of sulfonamides is 1. The Morgan fingerprint density at radius 2 is 1.53 bits per heavy atom. The third kappa shape index (κ3) is 7.49. The molecule has 0 aromatic heterocycles. The Morgan fingerprint density at radius 3 is 2.11 bits per heavy atom. The van der Waals surface area contributed by atoms with Crippen LogP contribution < -0.4 is 9.62 Å². The fourth-order valence-corrected chi connectivity index (χ4v) is 5.55. The summed E-state index contributed by atoms with van der Waals surface area (Å²) in [5.74, 6) is -0.906. The van der Waals surface area contributed by atoms with E-state index in [2.05, 4.69) is 5.32 Å². The molecule has 0 aliphatic rings. The maximum Gasteiger partial charge on any atom is 0.264 e. The number of carbonyl (C=O) groups is 2. The van der Waals surface area contributed by atoms with Crippen LogP contribution in [0, 0.1) is 6.92 Å². The molecule has 0 radical (unpaired) electrons. The normalized spacial score (nSPS) is 12.2. The number of nitrogens with one attached hydrogen (secondary N) is 1. The van der Waals surface area contributed by atoms with Crippen molar-refractivity contribution in [2.75, 3.05) is 10.8 Å². The summed E-state index contributed by atoms with van der Waals surface area (Å²) in [6, 6.07) is 18.5. The van der Waals surface area contributed by atoms with Gasteiger partial charge in [0.05, 0.1) is 10.6 Å². The van der Waals surface area contributed by atoms with Crippen molar-refractivity contribution in [1.82, 2.24) is 10.2 Å². The molecule has 0 fully saturated rings. The summed E-state index contributed by atoms with van der Waals surface area (Å²) < 4.78 is 28.6. The van der Waals surface area contributed by atoms with E-state index in [-0.39, 0.29) is 29.1 Å². The number of amides is 2. The molecule has 0 saturated carbocycles. The zero-order valence-electron chi connectivity index (χ0n) is 21.7. The third-order valence-electron chi connectivity index (χ3n) is 5.84. The van der Waals surface area contributed by atoms with Crippen molar-refractivity contribution in [2.24, 2.45) is 0 Å². The van der Waals surface area contributed by atoms with Crippen molar-refractivity contribution >= 4 is 50.7 Å². The standard InChI is InChI=1S/C28H31Cl2N3O4S/c1-19(2)31-28(35)21(4)32(17-22-6-5-7-24(30)16-22)27(34)18-33(25-12-10-23(29)11-13-25)38(36,37)26-14-8-20(3)9-15-26/h5-16,19,21H,17-18H2,1-4H3,(H,31,35)/t21-/m0/s1. The zero-order valence-corrected chi connectivity index (χ0v) is 24.0. The van der Waals surface area contributed by atoms with Gasteiger partial charge in [-0.05, 0) is 81.8 Å². The second kappa shape index (κ2) is 12.7. The molecular weight excluding hydrogens is 545 g/mol. The van der Waals surface area contributed by atoms with E-state index in [0.717, 1.165) is 9.87 Å². The van der Waals surface area contributed by atoms with Gasteiger partial charge in [0.15, 0.2) is 0 Å². The highest BCUT2D eigenvalue weighted by Crippen LogP contribution is 2.26. The molecule has 0 unspecified atom stereocenters. The van der Waals surface area contributed by atoms with Crippen LogP contribution in [0.15, 0.2) is 77.7 Å². The Kier molecular flexibility index (Phi) is 9.82. The molecule has 3 rings (SSSR count). The van der Waals surface area contributed by atoms with Gasteiger partial charge in [0.1, 0.15) is 12.6 Å². The van der Waals surface area contributed by atoms with E-state index in [1.54, 1.807) is 55.5 Å². The monoisotopic (exact) mass is 575 g/mol. The first-order valence-corrected chi connectivity index (χ1v) is 14.3. The minimum absolute atomic E-state index is 0.0397. The molecule has 10 heteroatoms. The topological polar surface area (TPSA) is 86.8 Å². The van der Waals surface area contributed by atoms with Crippen LogP contribution in [0.2, 0.25) is 10.0 Å². The lowest BCUT2D eigenvalue weighted by Gasteiger charge is -2.32. The number of carbonyl (C=O) groups excluding carboxylic acids is 2. The lowest BCUT2D eigenvalue weighted by Crippen LogP contribution is -2.52. The highest BCUT2D eigenvalue weighted by atomic mass is 35.5. The first kappa shape index (κ1) is 29.5. The molecule has 3 aromatic rings. The predicted molar refractivity (Wildman–Crippen MR) is 152 cm³/mol. The summed E-state index contributed by atoms with van der Waals surface area (Å²) in [5, 5.41) is 3.73. The van der Waals surface area contributed by atoms with Gasteiger partial charge in [0, 0.05) is 22.6 Å². The molecule has 0 saturated heterocycles. The molecule has 0 heterocycles. The van der Waals surface area contributed by atoms with Crippen LogP contribution in [-0.4, -0.2) is 43.8 Å². The molecule has 38 heavy (non-hydrogen) atoms. The Bertz CT molecular complexity index is 1380. The Hall–Kier alpha value is -3.07. The number of anilines is 1. The van der Waals surface area contributed by atoms with E-state index < -0.39 is 28.5 Å². The van der Waals surface area contributed by atoms with Gasteiger partial charge in [-0.25, -0.2) is 8.42 Å². The number of nitrogens with zero attached hydrogens (tertiary/aromatic N) is 2. The van der Waals surface area contributed by atoms with E-state index >= 15 is 0 Å². The Labute approximate surface area is 234 Å². The second-order valence-electron chi connectivity index (χ2n) is 9.29. The summed E-state index contributed by atoms with van der Waals surface area (Å²) >= 11 is 12.2. The number of hydrogen-bond donors (Lipinski definition) is 1.